The van der Waals surface area contributed by atoms with E-state index in [1.807, 2.05) is 23.6 Å². The smallest absolute Gasteiger partial charge is 0.226 e. The number of hydrogen-bond donors (Lipinski definition) is 2. The highest BCUT2D eigenvalue weighted by atomic mass is 32.1. The third kappa shape index (κ3) is 5.19. The highest BCUT2D eigenvalue weighted by Gasteiger charge is 2.29. The number of nitrogens with one attached hydrogen (secondary N) is 2. The molecule has 0 bridgehead atoms. The predicted octanol–water partition coefficient (Wildman–Crippen LogP) is 3.07. The van der Waals surface area contributed by atoms with Crippen LogP contribution in [0, 0.1) is 5.92 Å². The Bertz CT molecular complexity index is 817. The van der Waals surface area contributed by atoms with Gasteiger partial charge >= 0.3 is 0 Å². The van der Waals surface area contributed by atoms with E-state index in [9.17, 15) is 9.59 Å². The fraction of sp³-hybridized carbons (Fsp3) is 0.421. The summed E-state index contributed by atoms with van der Waals surface area (Å²) in [6, 6.07) is 5.49. The van der Waals surface area contributed by atoms with Gasteiger partial charge in [0, 0.05) is 29.8 Å². The average Bonchev–Trinajstić information content (AvgIpc) is 3.44. The van der Waals surface area contributed by atoms with Crippen LogP contribution < -0.4 is 20.1 Å². The molecule has 1 aliphatic rings. The molecule has 0 aliphatic heterocycles. The lowest BCUT2D eigenvalue weighted by Crippen LogP contribution is -2.26. The van der Waals surface area contributed by atoms with E-state index in [1.54, 1.807) is 14.2 Å². The van der Waals surface area contributed by atoms with E-state index in [0.29, 0.717) is 41.7 Å². The van der Waals surface area contributed by atoms with Crippen LogP contribution in [0.25, 0.3) is 11.3 Å². The van der Waals surface area contributed by atoms with Crippen LogP contribution >= 0.6 is 11.3 Å². The van der Waals surface area contributed by atoms with Crippen molar-refractivity contribution in [3.8, 4) is 22.8 Å². The number of thiazole rings is 1. The van der Waals surface area contributed by atoms with E-state index >= 15 is 0 Å². The highest BCUT2D eigenvalue weighted by Crippen LogP contribution is 2.35. The average molecular weight is 389 g/mol. The molecule has 2 amide bonds. The second-order valence-electron chi connectivity index (χ2n) is 6.32. The zero-order chi connectivity index (χ0) is 19.2. The van der Waals surface area contributed by atoms with E-state index in [2.05, 4.69) is 15.6 Å². The van der Waals surface area contributed by atoms with Gasteiger partial charge in [0.25, 0.3) is 0 Å². The van der Waals surface area contributed by atoms with Gasteiger partial charge in [0.2, 0.25) is 11.8 Å². The predicted molar refractivity (Wildman–Crippen MR) is 104 cm³/mol. The summed E-state index contributed by atoms with van der Waals surface area (Å²) in [5.41, 5.74) is 1.51. The Morgan fingerprint density at radius 2 is 2.07 bits per heavy atom. The minimum absolute atomic E-state index is 0.104. The lowest BCUT2D eigenvalue weighted by molar-refractivity contribution is -0.122. The third-order valence-electron chi connectivity index (χ3n) is 4.26. The van der Waals surface area contributed by atoms with Gasteiger partial charge < -0.3 is 20.1 Å². The molecule has 0 atom stereocenters. The lowest BCUT2D eigenvalue weighted by atomic mass is 10.1. The van der Waals surface area contributed by atoms with Gasteiger partial charge in [0.15, 0.2) is 5.13 Å². The van der Waals surface area contributed by atoms with Crippen LogP contribution in [-0.4, -0.2) is 37.6 Å². The monoisotopic (exact) mass is 389 g/mol. The molecule has 2 aromatic rings. The van der Waals surface area contributed by atoms with Crippen molar-refractivity contribution in [1.82, 2.24) is 10.3 Å². The quantitative estimate of drug-likeness (QED) is 0.644. The second kappa shape index (κ2) is 8.85. The van der Waals surface area contributed by atoms with Crippen LogP contribution in [0.2, 0.25) is 0 Å². The fourth-order valence-corrected chi connectivity index (χ4v) is 3.33. The standard InChI is InChI=1S/C19H23N3O4S/c1-25-13-7-8-16(26-2)14(10-13)15-11-27-19(21-15)22-17(23)4-3-9-20-18(24)12-5-6-12/h7-8,10-12H,3-6,9H2,1-2H3,(H,20,24)(H,21,22,23). The molecule has 1 aliphatic carbocycles. The summed E-state index contributed by atoms with van der Waals surface area (Å²) >= 11 is 1.35. The first-order chi connectivity index (χ1) is 13.1. The van der Waals surface area contributed by atoms with E-state index < -0.39 is 0 Å². The molecule has 0 unspecified atom stereocenters. The maximum Gasteiger partial charge on any atom is 0.226 e. The number of anilines is 1. The maximum absolute atomic E-state index is 12.1. The van der Waals surface area contributed by atoms with Crippen molar-refractivity contribution in [2.75, 3.05) is 26.1 Å². The molecule has 8 heteroatoms. The van der Waals surface area contributed by atoms with E-state index in [-0.39, 0.29) is 17.7 Å². The molecule has 0 saturated heterocycles. The number of benzene rings is 1. The van der Waals surface area contributed by atoms with Crippen LogP contribution in [0.4, 0.5) is 5.13 Å². The Morgan fingerprint density at radius 1 is 1.26 bits per heavy atom. The van der Waals surface area contributed by atoms with Gasteiger partial charge in [0.1, 0.15) is 11.5 Å². The number of ether oxygens (including phenoxy) is 2. The highest BCUT2D eigenvalue weighted by molar-refractivity contribution is 7.14. The molecule has 144 valence electrons. The van der Waals surface area contributed by atoms with Crippen molar-refractivity contribution in [2.24, 2.45) is 5.92 Å². The number of rotatable bonds is 9. The van der Waals surface area contributed by atoms with Gasteiger partial charge in [-0.25, -0.2) is 4.98 Å². The van der Waals surface area contributed by atoms with Gasteiger partial charge in [-0.05, 0) is 37.5 Å². The molecule has 3 rings (SSSR count). The molecule has 1 heterocycles. The van der Waals surface area contributed by atoms with Crippen molar-refractivity contribution in [1.29, 1.82) is 0 Å². The Hall–Kier alpha value is -2.61. The number of carbonyl (C=O) groups excluding carboxylic acids is 2. The van der Waals surface area contributed by atoms with Crippen molar-refractivity contribution in [3.05, 3.63) is 23.6 Å². The first kappa shape index (κ1) is 19.2. The van der Waals surface area contributed by atoms with Crippen LogP contribution in [0.5, 0.6) is 11.5 Å². The van der Waals surface area contributed by atoms with E-state index in [1.165, 1.54) is 11.3 Å². The zero-order valence-electron chi connectivity index (χ0n) is 15.4. The normalized spacial score (nSPS) is 13.1. The minimum Gasteiger partial charge on any atom is -0.497 e. The second-order valence-corrected chi connectivity index (χ2v) is 7.18. The van der Waals surface area contributed by atoms with Gasteiger partial charge in [-0.1, -0.05) is 0 Å². The molecule has 0 radical (unpaired) electrons. The molecule has 1 fully saturated rings. The summed E-state index contributed by atoms with van der Waals surface area (Å²) < 4.78 is 10.6. The van der Waals surface area contributed by atoms with Crippen LogP contribution in [0.1, 0.15) is 25.7 Å². The summed E-state index contributed by atoms with van der Waals surface area (Å²) in [4.78, 5) is 28.1. The molecule has 2 N–H and O–H groups in total. The number of carbonyl (C=O) groups is 2. The molecule has 0 spiro atoms. The number of aromatic nitrogens is 1. The number of nitrogens with zero attached hydrogens (tertiary/aromatic N) is 1. The largest absolute Gasteiger partial charge is 0.497 e. The fourth-order valence-electron chi connectivity index (χ4n) is 2.60. The Kier molecular flexibility index (Phi) is 6.28. The maximum atomic E-state index is 12.1. The van der Waals surface area contributed by atoms with Gasteiger partial charge in [-0.3, -0.25) is 9.59 Å². The van der Waals surface area contributed by atoms with Gasteiger partial charge in [-0.15, -0.1) is 11.3 Å². The first-order valence-electron chi connectivity index (χ1n) is 8.86. The van der Waals surface area contributed by atoms with Crippen molar-refractivity contribution < 1.29 is 19.1 Å². The first-order valence-corrected chi connectivity index (χ1v) is 9.74. The summed E-state index contributed by atoms with van der Waals surface area (Å²) in [5.74, 6) is 1.57. The van der Waals surface area contributed by atoms with E-state index in [0.717, 1.165) is 18.4 Å². The lowest BCUT2D eigenvalue weighted by Gasteiger charge is -2.08. The van der Waals surface area contributed by atoms with Crippen molar-refractivity contribution in [3.63, 3.8) is 0 Å². The van der Waals surface area contributed by atoms with Crippen molar-refractivity contribution >= 4 is 28.3 Å². The SMILES string of the molecule is COc1ccc(OC)c(-c2csc(NC(=O)CCCNC(=O)C3CC3)n2)c1. The van der Waals surface area contributed by atoms with Gasteiger partial charge in [0.05, 0.1) is 19.9 Å². The topological polar surface area (TPSA) is 89.5 Å². The third-order valence-corrected chi connectivity index (χ3v) is 5.02. The number of amides is 2. The number of hydrogen-bond acceptors (Lipinski definition) is 6. The Morgan fingerprint density at radius 3 is 2.78 bits per heavy atom. The van der Waals surface area contributed by atoms with E-state index in [4.69, 9.17) is 9.47 Å². The molecular formula is C19H23N3O4S. The Labute approximate surface area is 162 Å². The summed E-state index contributed by atoms with van der Waals surface area (Å²) in [6.07, 6.45) is 2.90. The van der Waals surface area contributed by atoms with Crippen molar-refractivity contribution in [2.45, 2.75) is 25.7 Å². The number of methoxy groups -OCH3 is 2. The molecular weight excluding hydrogens is 366 g/mol. The van der Waals surface area contributed by atoms with Crippen LogP contribution in [0.15, 0.2) is 23.6 Å². The Balaban J connectivity index is 1.53. The summed E-state index contributed by atoms with van der Waals surface area (Å²) in [6.45, 7) is 0.521. The molecule has 27 heavy (non-hydrogen) atoms. The molecule has 1 aromatic heterocycles. The summed E-state index contributed by atoms with van der Waals surface area (Å²) in [7, 11) is 3.20. The van der Waals surface area contributed by atoms with Gasteiger partial charge in [-0.2, -0.15) is 0 Å². The summed E-state index contributed by atoms with van der Waals surface area (Å²) in [5, 5.41) is 8.05. The molecule has 7 nitrogen and oxygen atoms in total. The zero-order valence-corrected chi connectivity index (χ0v) is 16.2. The molecule has 1 saturated carbocycles. The van der Waals surface area contributed by atoms with Crippen LogP contribution in [-0.2, 0) is 9.59 Å². The molecule has 1 aromatic carbocycles. The minimum atomic E-state index is -0.117. The van der Waals surface area contributed by atoms with Crippen LogP contribution in [0.3, 0.4) is 0 Å².